The maximum atomic E-state index is 4.55. The van der Waals surface area contributed by atoms with Crippen LogP contribution < -0.4 is 10.6 Å². The maximum absolute atomic E-state index is 4.55. The van der Waals surface area contributed by atoms with Crippen LogP contribution in [-0.2, 0) is 6.54 Å². The van der Waals surface area contributed by atoms with Gasteiger partial charge in [-0.2, -0.15) is 0 Å². The zero-order valence-electron chi connectivity index (χ0n) is 12.0. The molecular formula is C14H26N4. The molecule has 0 saturated heterocycles. The molecule has 1 aromatic heterocycles. The van der Waals surface area contributed by atoms with E-state index in [1.54, 1.807) is 6.20 Å². The van der Waals surface area contributed by atoms with Gasteiger partial charge in [0, 0.05) is 25.3 Å². The van der Waals surface area contributed by atoms with Gasteiger partial charge >= 0.3 is 0 Å². The molecule has 0 atom stereocenters. The molecule has 0 aliphatic heterocycles. The topological polar surface area (TPSA) is 49.8 Å². The Balaban J connectivity index is 2.48. The fourth-order valence-electron chi connectivity index (χ4n) is 1.71. The fourth-order valence-corrected chi connectivity index (χ4v) is 1.71. The molecule has 0 aromatic carbocycles. The standard InChI is InChI=1S/C14H26N4/c1-5-12(6-2)7-17-14-10-15-8-13(18-14)9-16-11(3)4/h8,10-12,16H,5-7,9H2,1-4H3,(H,17,18). The van der Waals surface area contributed by atoms with Crippen LogP contribution in [0.5, 0.6) is 0 Å². The molecule has 102 valence electrons. The third kappa shape index (κ3) is 5.45. The Labute approximate surface area is 111 Å². The number of rotatable bonds is 8. The van der Waals surface area contributed by atoms with E-state index in [9.17, 15) is 0 Å². The molecule has 18 heavy (non-hydrogen) atoms. The predicted molar refractivity (Wildman–Crippen MR) is 76.6 cm³/mol. The molecule has 0 bridgehead atoms. The van der Waals surface area contributed by atoms with E-state index < -0.39 is 0 Å². The highest BCUT2D eigenvalue weighted by Crippen LogP contribution is 2.09. The van der Waals surface area contributed by atoms with Gasteiger partial charge in [-0.3, -0.25) is 4.98 Å². The second kappa shape index (κ2) is 8.03. The monoisotopic (exact) mass is 250 g/mol. The summed E-state index contributed by atoms with van der Waals surface area (Å²) in [6, 6.07) is 0.466. The van der Waals surface area contributed by atoms with E-state index >= 15 is 0 Å². The van der Waals surface area contributed by atoms with Crippen molar-refractivity contribution in [2.75, 3.05) is 11.9 Å². The fraction of sp³-hybridized carbons (Fsp3) is 0.714. The second-order valence-electron chi connectivity index (χ2n) is 4.99. The van der Waals surface area contributed by atoms with Gasteiger partial charge in [0.15, 0.2) is 0 Å². The van der Waals surface area contributed by atoms with Crippen molar-refractivity contribution in [3.8, 4) is 0 Å². The molecule has 0 radical (unpaired) electrons. The average molecular weight is 250 g/mol. The predicted octanol–water partition coefficient (Wildman–Crippen LogP) is 2.82. The zero-order valence-corrected chi connectivity index (χ0v) is 12.0. The second-order valence-corrected chi connectivity index (χ2v) is 4.99. The molecular weight excluding hydrogens is 224 g/mol. The summed E-state index contributed by atoms with van der Waals surface area (Å²) in [5.41, 5.74) is 0.984. The van der Waals surface area contributed by atoms with E-state index in [1.165, 1.54) is 12.8 Å². The lowest BCUT2D eigenvalue weighted by atomic mass is 10.0. The highest BCUT2D eigenvalue weighted by molar-refractivity contribution is 5.31. The summed E-state index contributed by atoms with van der Waals surface area (Å²) in [6.45, 7) is 10.5. The number of nitrogens with one attached hydrogen (secondary N) is 2. The maximum Gasteiger partial charge on any atom is 0.144 e. The molecule has 1 rings (SSSR count). The number of hydrogen-bond acceptors (Lipinski definition) is 4. The van der Waals surface area contributed by atoms with E-state index in [1.807, 2.05) is 6.20 Å². The van der Waals surface area contributed by atoms with Crippen LogP contribution in [0, 0.1) is 5.92 Å². The number of aromatic nitrogens is 2. The molecule has 0 fully saturated rings. The van der Waals surface area contributed by atoms with Crippen molar-refractivity contribution in [1.29, 1.82) is 0 Å². The summed E-state index contributed by atoms with van der Waals surface area (Å²) in [5.74, 6) is 1.59. The lowest BCUT2D eigenvalue weighted by molar-refractivity contribution is 0.518. The van der Waals surface area contributed by atoms with Gasteiger partial charge in [0.1, 0.15) is 5.82 Å². The van der Waals surface area contributed by atoms with Crippen LogP contribution in [0.1, 0.15) is 46.2 Å². The summed E-state index contributed by atoms with van der Waals surface area (Å²) in [7, 11) is 0. The van der Waals surface area contributed by atoms with E-state index in [2.05, 4.69) is 48.3 Å². The van der Waals surface area contributed by atoms with Gasteiger partial charge in [-0.05, 0) is 5.92 Å². The zero-order chi connectivity index (χ0) is 13.4. The molecule has 0 aliphatic carbocycles. The Morgan fingerprint density at radius 2 is 1.89 bits per heavy atom. The van der Waals surface area contributed by atoms with Gasteiger partial charge in [0.25, 0.3) is 0 Å². The molecule has 0 spiro atoms. The van der Waals surface area contributed by atoms with Gasteiger partial charge in [-0.1, -0.05) is 40.5 Å². The highest BCUT2D eigenvalue weighted by atomic mass is 15.0. The van der Waals surface area contributed by atoms with Gasteiger partial charge < -0.3 is 10.6 Å². The van der Waals surface area contributed by atoms with Crippen LogP contribution >= 0.6 is 0 Å². The first kappa shape index (κ1) is 14.9. The average Bonchev–Trinajstić information content (AvgIpc) is 2.38. The van der Waals surface area contributed by atoms with Crippen molar-refractivity contribution in [2.24, 2.45) is 5.92 Å². The molecule has 0 aliphatic rings. The van der Waals surface area contributed by atoms with Crippen molar-refractivity contribution < 1.29 is 0 Å². The minimum atomic E-state index is 0.466. The largest absolute Gasteiger partial charge is 0.369 e. The first-order valence-electron chi connectivity index (χ1n) is 6.93. The molecule has 4 nitrogen and oxygen atoms in total. The molecule has 0 unspecified atom stereocenters. The Bertz CT molecular complexity index is 334. The molecule has 4 heteroatoms. The van der Waals surface area contributed by atoms with E-state index in [0.29, 0.717) is 12.0 Å². The van der Waals surface area contributed by atoms with Gasteiger partial charge in [0.2, 0.25) is 0 Å². The smallest absolute Gasteiger partial charge is 0.144 e. The Morgan fingerprint density at radius 3 is 2.50 bits per heavy atom. The summed E-state index contributed by atoms with van der Waals surface area (Å²) in [5, 5.41) is 6.72. The molecule has 1 aromatic rings. The van der Waals surface area contributed by atoms with Crippen LogP contribution in [0.25, 0.3) is 0 Å². The Kier molecular flexibility index (Phi) is 6.65. The Hall–Kier alpha value is -1.16. The third-order valence-electron chi connectivity index (χ3n) is 3.10. The number of hydrogen-bond donors (Lipinski definition) is 2. The molecule has 0 amide bonds. The summed E-state index contributed by atoms with van der Waals surface area (Å²) in [6.07, 6.45) is 6.01. The summed E-state index contributed by atoms with van der Waals surface area (Å²) in [4.78, 5) is 8.78. The van der Waals surface area contributed by atoms with Gasteiger partial charge in [-0.15, -0.1) is 0 Å². The molecule has 0 saturated carbocycles. The minimum Gasteiger partial charge on any atom is -0.369 e. The van der Waals surface area contributed by atoms with Crippen LogP contribution in [0.4, 0.5) is 5.82 Å². The third-order valence-corrected chi connectivity index (χ3v) is 3.10. The van der Waals surface area contributed by atoms with Crippen molar-refractivity contribution in [2.45, 2.75) is 53.1 Å². The van der Waals surface area contributed by atoms with Crippen LogP contribution in [-0.4, -0.2) is 22.6 Å². The SMILES string of the molecule is CCC(CC)CNc1cncc(CNC(C)C)n1. The van der Waals surface area contributed by atoms with Crippen molar-refractivity contribution in [1.82, 2.24) is 15.3 Å². The van der Waals surface area contributed by atoms with Crippen LogP contribution in [0.3, 0.4) is 0 Å². The van der Waals surface area contributed by atoms with Crippen LogP contribution in [0.2, 0.25) is 0 Å². The van der Waals surface area contributed by atoms with Crippen molar-refractivity contribution in [3.63, 3.8) is 0 Å². The van der Waals surface area contributed by atoms with Gasteiger partial charge in [-0.25, -0.2) is 4.98 Å². The Morgan fingerprint density at radius 1 is 1.17 bits per heavy atom. The number of nitrogens with zero attached hydrogens (tertiary/aromatic N) is 2. The highest BCUT2D eigenvalue weighted by Gasteiger charge is 2.04. The van der Waals surface area contributed by atoms with E-state index in [-0.39, 0.29) is 0 Å². The minimum absolute atomic E-state index is 0.466. The van der Waals surface area contributed by atoms with Crippen molar-refractivity contribution >= 4 is 5.82 Å². The lowest BCUT2D eigenvalue weighted by Gasteiger charge is -2.14. The summed E-state index contributed by atoms with van der Waals surface area (Å²) < 4.78 is 0. The quantitative estimate of drug-likeness (QED) is 0.745. The normalized spacial score (nSPS) is 11.2. The lowest BCUT2D eigenvalue weighted by Crippen LogP contribution is -2.23. The molecule has 1 heterocycles. The van der Waals surface area contributed by atoms with Gasteiger partial charge in [0.05, 0.1) is 11.9 Å². The first-order chi connectivity index (χ1) is 8.65. The summed E-state index contributed by atoms with van der Waals surface area (Å²) >= 11 is 0. The van der Waals surface area contributed by atoms with E-state index in [0.717, 1.165) is 24.6 Å². The van der Waals surface area contributed by atoms with Crippen molar-refractivity contribution in [3.05, 3.63) is 18.1 Å². The van der Waals surface area contributed by atoms with Crippen LogP contribution in [0.15, 0.2) is 12.4 Å². The first-order valence-corrected chi connectivity index (χ1v) is 6.93. The van der Waals surface area contributed by atoms with E-state index in [4.69, 9.17) is 0 Å². The molecule has 2 N–H and O–H groups in total. The number of anilines is 1.